The number of rotatable bonds is 8. The number of anilines is 1. The van der Waals surface area contributed by atoms with Crippen molar-refractivity contribution in [3.05, 3.63) is 76.2 Å². The van der Waals surface area contributed by atoms with Gasteiger partial charge in [0.25, 0.3) is 11.6 Å². The molecule has 0 aliphatic heterocycles. The highest BCUT2D eigenvalue weighted by Gasteiger charge is 2.16. The number of amides is 1. The van der Waals surface area contributed by atoms with E-state index in [-0.39, 0.29) is 29.5 Å². The first-order valence-corrected chi connectivity index (χ1v) is 8.69. The number of hydrogen-bond donors (Lipinski definition) is 2. The van der Waals surface area contributed by atoms with E-state index in [2.05, 4.69) is 5.32 Å². The summed E-state index contributed by atoms with van der Waals surface area (Å²) in [6.45, 7) is 2.57. The fourth-order valence-electron chi connectivity index (χ4n) is 2.45. The zero-order valence-electron chi connectivity index (χ0n) is 15.5. The van der Waals surface area contributed by atoms with Crippen molar-refractivity contribution in [3.8, 4) is 17.2 Å². The number of carbonyl (C=O) groups is 1. The smallest absolute Gasteiger partial charge is 0.291 e. The second-order valence-electron chi connectivity index (χ2n) is 5.87. The first-order valence-electron chi connectivity index (χ1n) is 8.69. The van der Waals surface area contributed by atoms with Gasteiger partial charge in [0.15, 0.2) is 5.76 Å². The van der Waals surface area contributed by atoms with Gasteiger partial charge in [0.05, 0.1) is 17.2 Å². The number of nitro benzene ring substituents is 1. The summed E-state index contributed by atoms with van der Waals surface area (Å²) in [4.78, 5) is 22.5. The minimum atomic E-state index is -0.659. The first kappa shape index (κ1) is 19.7. The molecule has 0 saturated carbocycles. The fraction of sp³-hybridized carbons (Fsp3) is 0.150. The molecule has 3 rings (SSSR count). The molecule has 0 unspecified atom stereocenters. The minimum Gasteiger partial charge on any atom is -0.506 e. The molecule has 2 N–H and O–H groups in total. The molecule has 9 heteroatoms. The largest absolute Gasteiger partial charge is 0.506 e. The van der Waals surface area contributed by atoms with Gasteiger partial charge in [-0.15, -0.1) is 0 Å². The van der Waals surface area contributed by atoms with Crippen LogP contribution < -0.4 is 14.8 Å². The molecule has 29 heavy (non-hydrogen) atoms. The third-order valence-electron chi connectivity index (χ3n) is 3.84. The van der Waals surface area contributed by atoms with Crippen molar-refractivity contribution < 1.29 is 28.7 Å². The minimum absolute atomic E-state index is 0.0267. The van der Waals surface area contributed by atoms with E-state index in [0.717, 1.165) is 23.9 Å². The molecule has 0 aliphatic rings. The standard InChI is InChI=1S/C20H18N2O7/c1-2-27-14-4-6-15(7-5-14)28-12-16-8-10-19(29-16)20(24)21-17-11-13(22(25)26)3-9-18(17)23/h3-11,23H,2,12H2,1H3,(H,21,24). The van der Waals surface area contributed by atoms with Gasteiger partial charge in [-0.05, 0) is 49.4 Å². The third kappa shape index (κ3) is 5.04. The van der Waals surface area contributed by atoms with Crippen molar-refractivity contribution in [2.45, 2.75) is 13.5 Å². The van der Waals surface area contributed by atoms with Gasteiger partial charge in [-0.3, -0.25) is 14.9 Å². The van der Waals surface area contributed by atoms with E-state index >= 15 is 0 Å². The number of nitrogens with one attached hydrogen (secondary N) is 1. The molecule has 0 atom stereocenters. The molecular weight excluding hydrogens is 380 g/mol. The number of ether oxygens (including phenoxy) is 2. The summed E-state index contributed by atoms with van der Waals surface area (Å²) in [5, 5.41) is 23.0. The van der Waals surface area contributed by atoms with E-state index in [0.29, 0.717) is 18.1 Å². The Balaban J connectivity index is 1.61. The Kier molecular flexibility index (Phi) is 5.98. The van der Waals surface area contributed by atoms with Gasteiger partial charge < -0.3 is 24.3 Å². The summed E-state index contributed by atoms with van der Waals surface area (Å²) >= 11 is 0. The zero-order valence-corrected chi connectivity index (χ0v) is 15.5. The number of phenols is 1. The number of aromatic hydroxyl groups is 1. The SMILES string of the molecule is CCOc1ccc(OCc2ccc(C(=O)Nc3cc([N+](=O)[O-])ccc3O)o2)cc1. The van der Waals surface area contributed by atoms with Gasteiger partial charge in [-0.25, -0.2) is 0 Å². The van der Waals surface area contributed by atoms with Crippen LogP contribution in [0.2, 0.25) is 0 Å². The Hall–Kier alpha value is -4.01. The van der Waals surface area contributed by atoms with Gasteiger partial charge >= 0.3 is 0 Å². The van der Waals surface area contributed by atoms with Crippen LogP contribution in [0.25, 0.3) is 0 Å². The molecule has 0 aliphatic carbocycles. The van der Waals surface area contributed by atoms with Gasteiger partial charge in [0, 0.05) is 12.1 Å². The molecular formula is C20H18N2O7. The van der Waals surface area contributed by atoms with E-state index in [4.69, 9.17) is 13.9 Å². The summed E-state index contributed by atoms with van der Waals surface area (Å²) in [7, 11) is 0. The molecule has 0 fully saturated rings. The van der Waals surface area contributed by atoms with Gasteiger partial charge in [0.1, 0.15) is 29.6 Å². The number of phenolic OH excluding ortho intramolecular Hbond substituents is 1. The van der Waals surface area contributed by atoms with Crippen molar-refractivity contribution in [1.29, 1.82) is 0 Å². The van der Waals surface area contributed by atoms with Crippen LogP contribution in [-0.2, 0) is 6.61 Å². The maximum absolute atomic E-state index is 12.3. The molecule has 2 aromatic carbocycles. The second-order valence-corrected chi connectivity index (χ2v) is 5.87. The second kappa shape index (κ2) is 8.79. The monoisotopic (exact) mass is 398 g/mol. The molecule has 150 valence electrons. The Bertz CT molecular complexity index is 1010. The Morgan fingerprint density at radius 2 is 1.79 bits per heavy atom. The molecule has 1 aromatic heterocycles. The number of hydrogen-bond acceptors (Lipinski definition) is 7. The lowest BCUT2D eigenvalue weighted by molar-refractivity contribution is -0.384. The normalized spacial score (nSPS) is 10.4. The van der Waals surface area contributed by atoms with Crippen LogP contribution in [0.15, 0.2) is 59.0 Å². The van der Waals surface area contributed by atoms with Crippen LogP contribution >= 0.6 is 0 Å². The molecule has 0 saturated heterocycles. The Labute approximate surface area is 165 Å². The summed E-state index contributed by atoms with van der Waals surface area (Å²) in [5.74, 6) is 0.773. The van der Waals surface area contributed by atoms with Crippen molar-refractivity contribution in [2.75, 3.05) is 11.9 Å². The predicted octanol–water partition coefficient (Wildman–Crippen LogP) is 4.12. The summed E-state index contributed by atoms with van der Waals surface area (Å²) in [6.07, 6.45) is 0. The van der Waals surface area contributed by atoms with Gasteiger partial charge in [-0.2, -0.15) is 0 Å². The van der Waals surface area contributed by atoms with E-state index in [1.54, 1.807) is 30.3 Å². The van der Waals surface area contributed by atoms with Gasteiger partial charge in [-0.1, -0.05) is 0 Å². The van der Waals surface area contributed by atoms with Crippen molar-refractivity contribution >= 4 is 17.3 Å². The summed E-state index contributed by atoms with van der Waals surface area (Å²) in [5.41, 5.74) is -0.352. The van der Waals surface area contributed by atoms with Crippen LogP contribution in [0.4, 0.5) is 11.4 Å². The highest BCUT2D eigenvalue weighted by atomic mass is 16.6. The molecule has 3 aromatic rings. The maximum Gasteiger partial charge on any atom is 0.291 e. The molecule has 1 heterocycles. The zero-order chi connectivity index (χ0) is 20.8. The lowest BCUT2D eigenvalue weighted by atomic mass is 10.2. The molecule has 0 spiro atoms. The molecule has 0 radical (unpaired) electrons. The molecule has 1 amide bonds. The van der Waals surface area contributed by atoms with Crippen LogP contribution in [0.1, 0.15) is 23.2 Å². The van der Waals surface area contributed by atoms with Crippen molar-refractivity contribution in [1.82, 2.24) is 0 Å². The Morgan fingerprint density at radius 1 is 1.10 bits per heavy atom. The van der Waals surface area contributed by atoms with Crippen LogP contribution in [0.3, 0.4) is 0 Å². The number of carbonyl (C=O) groups excluding carboxylic acids is 1. The number of nitro groups is 1. The Morgan fingerprint density at radius 3 is 2.45 bits per heavy atom. The number of nitrogens with zero attached hydrogens (tertiary/aromatic N) is 1. The summed E-state index contributed by atoms with van der Waals surface area (Å²) in [6, 6.07) is 13.4. The predicted molar refractivity (Wildman–Crippen MR) is 103 cm³/mol. The quantitative estimate of drug-likeness (QED) is 0.332. The lowest BCUT2D eigenvalue weighted by Gasteiger charge is -2.07. The van der Waals surface area contributed by atoms with E-state index in [9.17, 15) is 20.0 Å². The summed E-state index contributed by atoms with van der Waals surface area (Å²) < 4.78 is 16.4. The highest BCUT2D eigenvalue weighted by Crippen LogP contribution is 2.28. The first-order chi connectivity index (χ1) is 14.0. The van der Waals surface area contributed by atoms with Crippen molar-refractivity contribution in [3.63, 3.8) is 0 Å². The average molecular weight is 398 g/mol. The highest BCUT2D eigenvalue weighted by molar-refractivity contribution is 6.03. The van der Waals surface area contributed by atoms with Crippen molar-refractivity contribution in [2.24, 2.45) is 0 Å². The maximum atomic E-state index is 12.3. The van der Waals surface area contributed by atoms with E-state index in [1.165, 1.54) is 6.07 Å². The van der Waals surface area contributed by atoms with E-state index < -0.39 is 10.8 Å². The number of furan rings is 1. The number of benzene rings is 2. The van der Waals surface area contributed by atoms with Crippen LogP contribution in [0, 0.1) is 10.1 Å². The van der Waals surface area contributed by atoms with Crippen LogP contribution in [0.5, 0.6) is 17.2 Å². The van der Waals surface area contributed by atoms with Gasteiger partial charge in [0.2, 0.25) is 0 Å². The number of non-ortho nitro benzene ring substituents is 1. The molecule has 0 bridgehead atoms. The fourth-order valence-corrected chi connectivity index (χ4v) is 2.45. The van der Waals surface area contributed by atoms with Crippen LogP contribution in [-0.4, -0.2) is 22.5 Å². The third-order valence-corrected chi connectivity index (χ3v) is 3.84. The van der Waals surface area contributed by atoms with E-state index in [1.807, 2.05) is 6.92 Å². The topological polar surface area (TPSA) is 124 Å². The molecule has 9 nitrogen and oxygen atoms in total. The average Bonchev–Trinajstić information content (AvgIpc) is 3.18. The lowest BCUT2D eigenvalue weighted by Crippen LogP contribution is -2.11.